The van der Waals surface area contributed by atoms with Gasteiger partial charge in [0, 0.05) is 17.7 Å². The summed E-state index contributed by atoms with van der Waals surface area (Å²) in [6, 6.07) is 14.2. The monoisotopic (exact) mass is 297 g/mol. The lowest BCUT2D eigenvalue weighted by Gasteiger charge is -2.10. The van der Waals surface area contributed by atoms with Gasteiger partial charge in [-0.25, -0.2) is 4.98 Å². The van der Waals surface area contributed by atoms with Crippen LogP contribution in [-0.2, 0) is 0 Å². The molecule has 0 aliphatic rings. The average molecular weight is 297 g/mol. The molecule has 22 heavy (non-hydrogen) atoms. The zero-order chi connectivity index (χ0) is 15.5. The van der Waals surface area contributed by atoms with Gasteiger partial charge in [-0.2, -0.15) is 4.73 Å². The van der Waals surface area contributed by atoms with Crippen LogP contribution in [0.4, 0.5) is 5.69 Å². The number of nitrogens with zero attached hydrogens (tertiary/aromatic N) is 3. The molecule has 0 spiro atoms. The van der Waals surface area contributed by atoms with E-state index in [1.807, 2.05) is 37.3 Å². The van der Waals surface area contributed by atoms with Gasteiger partial charge < -0.3 is 4.84 Å². The summed E-state index contributed by atoms with van der Waals surface area (Å²) >= 11 is 0. The Morgan fingerprint density at radius 1 is 1.23 bits per heavy atom. The summed E-state index contributed by atoms with van der Waals surface area (Å²) in [6.45, 7) is 2.51. The molecule has 0 saturated heterocycles. The summed E-state index contributed by atoms with van der Waals surface area (Å²) in [4.78, 5) is 20.9. The molecule has 112 valence electrons. The first-order valence-electron chi connectivity index (χ1n) is 7.06. The quantitative estimate of drug-likeness (QED) is 0.534. The molecule has 0 aliphatic heterocycles. The molecule has 0 atom stereocenters. The van der Waals surface area contributed by atoms with Gasteiger partial charge in [-0.1, -0.05) is 37.3 Å². The molecule has 3 rings (SSSR count). The summed E-state index contributed by atoms with van der Waals surface area (Å²) in [5.41, 5.74) is 2.19. The maximum atomic E-state index is 11.0. The highest BCUT2D eigenvalue weighted by molar-refractivity contribution is 5.82. The minimum atomic E-state index is -0.418. The van der Waals surface area contributed by atoms with E-state index in [4.69, 9.17) is 4.84 Å². The van der Waals surface area contributed by atoms with Crippen molar-refractivity contribution in [3.63, 3.8) is 0 Å². The number of non-ortho nitro benzene ring substituents is 1. The summed E-state index contributed by atoms with van der Waals surface area (Å²) in [6.07, 6.45) is 0.836. The Bertz CT molecular complexity index is 812. The number of benzene rings is 2. The van der Waals surface area contributed by atoms with Crippen molar-refractivity contribution >= 4 is 16.7 Å². The lowest BCUT2D eigenvalue weighted by molar-refractivity contribution is -0.384. The smallest absolute Gasteiger partial charge is 0.271 e. The van der Waals surface area contributed by atoms with E-state index >= 15 is 0 Å². The van der Waals surface area contributed by atoms with Crippen molar-refractivity contribution in [2.75, 3.05) is 6.61 Å². The molecule has 0 amide bonds. The van der Waals surface area contributed by atoms with Crippen LogP contribution in [0.3, 0.4) is 0 Å². The van der Waals surface area contributed by atoms with Crippen molar-refractivity contribution in [1.82, 2.24) is 9.71 Å². The molecule has 0 fully saturated rings. The SMILES string of the molecule is CCCOn1c(-c2ccccc2)nc2ccc([N+](=O)[O-])cc21. The third kappa shape index (κ3) is 2.50. The summed E-state index contributed by atoms with van der Waals surface area (Å²) in [5, 5.41) is 11.0. The number of aromatic nitrogens is 2. The molecule has 1 aromatic heterocycles. The predicted octanol–water partition coefficient (Wildman–Crippen LogP) is 3.45. The summed E-state index contributed by atoms with van der Waals surface area (Å²) in [7, 11) is 0. The van der Waals surface area contributed by atoms with E-state index in [2.05, 4.69) is 4.98 Å². The second-order valence-corrected chi connectivity index (χ2v) is 4.86. The van der Waals surface area contributed by atoms with Crippen LogP contribution in [0.25, 0.3) is 22.4 Å². The van der Waals surface area contributed by atoms with Crippen LogP contribution in [0.15, 0.2) is 48.5 Å². The van der Waals surface area contributed by atoms with Gasteiger partial charge in [-0.05, 0) is 12.5 Å². The maximum absolute atomic E-state index is 11.0. The van der Waals surface area contributed by atoms with E-state index in [1.165, 1.54) is 12.1 Å². The largest absolute Gasteiger partial charge is 0.412 e. The zero-order valence-electron chi connectivity index (χ0n) is 12.1. The van der Waals surface area contributed by atoms with E-state index < -0.39 is 4.92 Å². The van der Waals surface area contributed by atoms with Crippen molar-refractivity contribution < 1.29 is 9.76 Å². The van der Waals surface area contributed by atoms with E-state index in [0.717, 1.165) is 12.0 Å². The van der Waals surface area contributed by atoms with Crippen LogP contribution in [0.5, 0.6) is 0 Å². The van der Waals surface area contributed by atoms with E-state index in [0.29, 0.717) is 23.5 Å². The normalized spacial score (nSPS) is 10.8. The standard InChI is InChI=1S/C16H15N3O3/c1-2-10-22-18-15-11-13(19(20)21)8-9-14(15)17-16(18)12-6-4-3-5-7-12/h3-9,11H,2,10H2,1H3. The second kappa shape index (κ2) is 5.85. The fourth-order valence-electron chi connectivity index (χ4n) is 2.24. The Labute approximate surface area is 127 Å². The molecule has 6 heteroatoms. The number of hydrogen-bond acceptors (Lipinski definition) is 4. The van der Waals surface area contributed by atoms with Gasteiger partial charge in [0.25, 0.3) is 5.69 Å². The van der Waals surface area contributed by atoms with Gasteiger partial charge in [-0.15, -0.1) is 0 Å². The van der Waals surface area contributed by atoms with Crippen molar-refractivity contribution in [3.8, 4) is 11.4 Å². The van der Waals surface area contributed by atoms with Gasteiger partial charge >= 0.3 is 0 Å². The van der Waals surface area contributed by atoms with Crippen molar-refractivity contribution in [2.45, 2.75) is 13.3 Å². The third-order valence-corrected chi connectivity index (χ3v) is 3.26. The Balaban J connectivity index is 2.20. The minimum Gasteiger partial charge on any atom is -0.412 e. The molecule has 1 heterocycles. The first-order chi connectivity index (χ1) is 10.7. The van der Waals surface area contributed by atoms with Crippen molar-refractivity contribution in [1.29, 1.82) is 0 Å². The zero-order valence-corrected chi connectivity index (χ0v) is 12.1. The van der Waals surface area contributed by atoms with E-state index in [-0.39, 0.29) is 5.69 Å². The van der Waals surface area contributed by atoms with Crippen LogP contribution in [0, 0.1) is 10.1 Å². The fourth-order valence-corrected chi connectivity index (χ4v) is 2.24. The highest BCUT2D eigenvalue weighted by Gasteiger charge is 2.17. The molecule has 0 unspecified atom stereocenters. The molecule has 0 saturated carbocycles. The number of nitro groups is 1. The number of rotatable bonds is 5. The molecule has 0 bridgehead atoms. The summed E-state index contributed by atoms with van der Waals surface area (Å²) in [5.74, 6) is 0.643. The van der Waals surface area contributed by atoms with Gasteiger partial charge in [0.15, 0.2) is 5.82 Å². The van der Waals surface area contributed by atoms with E-state index in [1.54, 1.807) is 10.8 Å². The molecular formula is C16H15N3O3. The lowest BCUT2D eigenvalue weighted by Crippen LogP contribution is -2.13. The lowest BCUT2D eigenvalue weighted by atomic mass is 10.2. The number of fused-ring (bicyclic) bond motifs is 1. The Morgan fingerprint density at radius 3 is 2.68 bits per heavy atom. The topological polar surface area (TPSA) is 70.2 Å². The van der Waals surface area contributed by atoms with Crippen LogP contribution in [0.2, 0.25) is 0 Å². The molecule has 0 N–H and O–H groups in total. The molecule has 6 nitrogen and oxygen atoms in total. The fraction of sp³-hybridized carbons (Fsp3) is 0.188. The average Bonchev–Trinajstić information content (AvgIpc) is 2.91. The third-order valence-electron chi connectivity index (χ3n) is 3.26. The molecular weight excluding hydrogens is 282 g/mol. The van der Waals surface area contributed by atoms with Crippen molar-refractivity contribution in [3.05, 3.63) is 58.6 Å². The molecule has 2 aromatic carbocycles. The second-order valence-electron chi connectivity index (χ2n) is 4.86. The minimum absolute atomic E-state index is 0.0216. The van der Waals surface area contributed by atoms with Gasteiger partial charge in [0.05, 0.1) is 10.4 Å². The number of hydrogen-bond donors (Lipinski definition) is 0. The Morgan fingerprint density at radius 2 is 2.00 bits per heavy atom. The number of imidazole rings is 1. The molecule has 0 aliphatic carbocycles. The van der Waals surface area contributed by atoms with Crippen LogP contribution < -0.4 is 4.84 Å². The van der Waals surface area contributed by atoms with Crippen molar-refractivity contribution in [2.24, 2.45) is 0 Å². The highest BCUT2D eigenvalue weighted by atomic mass is 16.7. The first kappa shape index (κ1) is 14.1. The molecule has 0 radical (unpaired) electrons. The predicted molar refractivity (Wildman–Crippen MR) is 83.6 cm³/mol. The highest BCUT2D eigenvalue weighted by Crippen LogP contribution is 2.26. The van der Waals surface area contributed by atoms with Crippen LogP contribution >= 0.6 is 0 Å². The maximum Gasteiger partial charge on any atom is 0.271 e. The Kier molecular flexibility index (Phi) is 3.74. The van der Waals surface area contributed by atoms with Crippen LogP contribution in [0.1, 0.15) is 13.3 Å². The van der Waals surface area contributed by atoms with Gasteiger partial charge in [-0.3, -0.25) is 10.1 Å². The Hall–Kier alpha value is -2.89. The number of nitro benzene ring substituents is 1. The van der Waals surface area contributed by atoms with Gasteiger partial charge in [0.2, 0.25) is 0 Å². The first-order valence-corrected chi connectivity index (χ1v) is 7.06. The molecule has 3 aromatic rings. The summed E-state index contributed by atoms with van der Waals surface area (Å²) < 4.78 is 1.58. The van der Waals surface area contributed by atoms with E-state index in [9.17, 15) is 10.1 Å². The van der Waals surface area contributed by atoms with Crippen LogP contribution in [-0.4, -0.2) is 21.2 Å². The van der Waals surface area contributed by atoms with Gasteiger partial charge in [0.1, 0.15) is 12.1 Å².